The quantitative estimate of drug-likeness (QED) is 0.0408. The molecule has 0 radical (unpaired) electrons. The third-order valence-corrected chi connectivity index (χ3v) is 4.19. The fourth-order valence-corrected chi connectivity index (χ4v) is 2.45. The second-order valence-corrected chi connectivity index (χ2v) is 7.20. The molecule has 49 heavy (non-hydrogen) atoms. The van der Waals surface area contributed by atoms with Gasteiger partial charge in [-0.25, -0.2) is 19.2 Å². The van der Waals surface area contributed by atoms with E-state index in [9.17, 15) is 19.2 Å². The van der Waals surface area contributed by atoms with E-state index in [0.717, 1.165) is 24.3 Å². The number of carbonyl (C=O) groups excluding carboxylic acids is 4. The molecule has 0 aromatic rings. The second-order valence-electron chi connectivity index (χ2n) is 7.20. The van der Waals surface area contributed by atoms with Crippen molar-refractivity contribution < 1.29 is 57.1 Å². The van der Waals surface area contributed by atoms with E-state index < -0.39 is 29.3 Å². The van der Waals surface area contributed by atoms with Crippen molar-refractivity contribution in [3.05, 3.63) is 50.6 Å². The SMILES string of the molecule is C.C.C.C.C.C.C.C.C.C.C.C.C=CC(=O)OCCOCC(COCCOC(=O)C=C)(COCCOC(=O)C=C)COCCOC(=O)C=C. The van der Waals surface area contributed by atoms with Crippen LogP contribution in [0.25, 0.3) is 0 Å². The van der Waals surface area contributed by atoms with Gasteiger partial charge in [-0.15, -0.1) is 0 Å². The van der Waals surface area contributed by atoms with Crippen molar-refractivity contribution in [1.29, 1.82) is 0 Å². The van der Waals surface area contributed by atoms with Gasteiger partial charge < -0.3 is 37.9 Å². The molecule has 304 valence electrons. The Kier molecular flexibility index (Phi) is 99.3. The molecule has 0 aromatic carbocycles. The number of hydrogen-bond acceptors (Lipinski definition) is 12. The summed E-state index contributed by atoms with van der Waals surface area (Å²) in [6.45, 7) is 13.8. The van der Waals surface area contributed by atoms with E-state index in [0.29, 0.717) is 0 Å². The van der Waals surface area contributed by atoms with Crippen molar-refractivity contribution in [2.45, 2.75) is 89.1 Å². The van der Waals surface area contributed by atoms with E-state index in [1.54, 1.807) is 0 Å². The summed E-state index contributed by atoms with van der Waals surface area (Å²) < 4.78 is 42.3. The van der Waals surface area contributed by atoms with E-state index in [-0.39, 0.29) is 168 Å². The van der Waals surface area contributed by atoms with Crippen LogP contribution in [-0.4, -0.2) is 103 Å². The zero-order valence-corrected chi connectivity index (χ0v) is 21.0. The van der Waals surface area contributed by atoms with Crippen molar-refractivity contribution in [2.24, 2.45) is 5.41 Å². The molecular weight excluding hydrogens is 636 g/mol. The average Bonchev–Trinajstić information content (AvgIpc) is 2.91. The van der Waals surface area contributed by atoms with Crippen molar-refractivity contribution >= 4 is 23.9 Å². The molecule has 0 saturated heterocycles. The van der Waals surface area contributed by atoms with Gasteiger partial charge in [0, 0.05) is 24.3 Å². The first-order valence-corrected chi connectivity index (χ1v) is 11.3. The molecule has 0 aromatic heterocycles. The Morgan fingerprint density at radius 1 is 0.347 bits per heavy atom. The summed E-state index contributed by atoms with van der Waals surface area (Å²) in [5.41, 5.74) is -0.879. The van der Waals surface area contributed by atoms with E-state index in [4.69, 9.17) is 37.9 Å². The highest BCUT2D eigenvalue weighted by atomic mass is 16.6. The lowest BCUT2D eigenvalue weighted by molar-refractivity contribution is -0.146. The van der Waals surface area contributed by atoms with Gasteiger partial charge in [-0.1, -0.05) is 115 Å². The van der Waals surface area contributed by atoms with E-state index in [2.05, 4.69) is 26.3 Å². The van der Waals surface area contributed by atoms with Gasteiger partial charge in [-0.3, -0.25) is 0 Å². The fraction of sp³-hybridized carbons (Fsp3) is 0.676. The van der Waals surface area contributed by atoms with Gasteiger partial charge in [0.05, 0.1) is 58.3 Å². The van der Waals surface area contributed by atoms with Crippen LogP contribution in [0.2, 0.25) is 0 Å². The minimum absolute atomic E-state index is 0. The Labute approximate surface area is 305 Å². The molecule has 12 nitrogen and oxygen atoms in total. The minimum Gasteiger partial charge on any atom is -0.460 e. The zero-order chi connectivity index (χ0) is 27.8. The van der Waals surface area contributed by atoms with Crippen LogP contribution in [-0.2, 0) is 57.1 Å². The van der Waals surface area contributed by atoms with Crippen LogP contribution in [0.3, 0.4) is 0 Å². The number of carbonyl (C=O) groups is 4. The first-order chi connectivity index (χ1) is 17.8. The monoisotopic (exact) mass is 721 g/mol. The van der Waals surface area contributed by atoms with Crippen LogP contribution in [0.5, 0.6) is 0 Å². The standard InChI is InChI=1S/C25H36O12.12CH4/c1-5-21(26)34-13-9-30-17-25(18-31-10-14-35-22(27)6-2,19-32-11-15-36-23(28)7-3)20-33-12-16-37-24(29)8-4;;;;;;;;;;;;/h5-8H,1-4,9-20H2;12*1H4. The number of esters is 4. The maximum atomic E-state index is 11.2. The Morgan fingerprint density at radius 2 is 0.510 bits per heavy atom. The van der Waals surface area contributed by atoms with E-state index in [1.165, 1.54) is 0 Å². The lowest BCUT2D eigenvalue weighted by atomic mass is 9.92. The van der Waals surface area contributed by atoms with Gasteiger partial charge in [0.2, 0.25) is 0 Å². The summed E-state index contributed by atoms with van der Waals surface area (Å²) in [6.07, 6.45) is 4.16. The summed E-state index contributed by atoms with van der Waals surface area (Å²) in [4.78, 5) is 44.8. The highest BCUT2D eigenvalue weighted by Crippen LogP contribution is 2.21. The predicted molar refractivity (Wildman–Crippen MR) is 211 cm³/mol. The Balaban J connectivity index is -0.0000000982. The molecule has 0 aliphatic heterocycles. The first kappa shape index (κ1) is 85.4. The molecule has 0 fully saturated rings. The van der Waals surface area contributed by atoms with Gasteiger partial charge in [-0.2, -0.15) is 0 Å². The molecular formula is C37H84O12. The van der Waals surface area contributed by atoms with Crippen LogP contribution >= 0.6 is 0 Å². The Bertz CT molecular complexity index is 626. The summed E-state index contributed by atoms with van der Waals surface area (Å²) >= 11 is 0. The van der Waals surface area contributed by atoms with Crippen LogP contribution in [0.4, 0.5) is 0 Å². The van der Waals surface area contributed by atoms with Gasteiger partial charge in [-0.05, 0) is 0 Å². The first-order valence-electron chi connectivity index (χ1n) is 11.3. The Morgan fingerprint density at radius 3 is 0.653 bits per heavy atom. The van der Waals surface area contributed by atoms with Crippen LogP contribution < -0.4 is 0 Å². The highest BCUT2D eigenvalue weighted by Gasteiger charge is 2.33. The molecule has 0 spiro atoms. The summed E-state index contributed by atoms with van der Waals surface area (Å²) in [5, 5.41) is 0. The fourth-order valence-electron chi connectivity index (χ4n) is 2.45. The van der Waals surface area contributed by atoms with Crippen molar-refractivity contribution in [3.63, 3.8) is 0 Å². The number of ether oxygens (including phenoxy) is 8. The van der Waals surface area contributed by atoms with Gasteiger partial charge in [0.25, 0.3) is 0 Å². The maximum Gasteiger partial charge on any atom is 0.330 e. The Hall–Kier alpha value is -3.32. The van der Waals surface area contributed by atoms with Crippen molar-refractivity contribution in [1.82, 2.24) is 0 Å². The van der Waals surface area contributed by atoms with E-state index >= 15 is 0 Å². The molecule has 12 heteroatoms. The lowest BCUT2D eigenvalue weighted by Crippen LogP contribution is -2.43. The zero-order valence-electron chi connectivity index (χ0n) is 21.0. The van der Waals surface area contributed by atoms with Gasteiger partial charge in [0.15, 0.2) is 0 Å². The number of hydrogen-bond donors (Lipinski definition) is 0. The average molecular weight is 721 g/mol. The highest BCUT2D eigenvalue weighted by molar-refractivity contribution is 5.82. The lowest BCUT2D eigenvalue weighted by Gasteiger charge is -2.33. The smallest absolute Gasteiger partial charge is 0.330 e. The summed E-state index contributed by atoms with van der Waals surface area (Å²) in [5.74, 6) is -2.33. The van der Waals surface area contributed by atoms with E-state index in [1.807, 2.05) is 0 Å². The predicted octanol–water partition coefficient (Wildman–Crippen LogP) is 8.59. The molecule has 0 bridgehead atoms. The van der Waals surface area contributed by atoms with Crippen LogP contribution in [0, 0.1) is 5.41 Å². The maximum absolute atomic E-state index is 11.2. The third-order valence-electron chi connectivity index (χ3n) is 4.19. The summed E-state index contributed by atoms with van der Waals surface area (Å²) in [6, 6.07) is 0. The van der Waals surface area contributed by atoms with Crippen molar-refractivity contribution in [2.75, 3.05) is 79.3 Å². The van der Waals surface area contributed by atoms with Crippen molar-refractivity contribution in [3.8, 4) is 0 Å². The molecule has 0 aliphatic carbocycles. The molecule has 0 heterocycles. The van der Waals surface area contributed by atoms with Crippen LogP contribution in [0.15, 0.2) is 50.6 Å². The minimum atomic E-state index is -0.879. The van der Waals surface area contributed by atoms with Gasteiger partial charge in [0.1, 0.15) is 26.4 Å². The molecule has 0 atom stereocenters. The molecule has 0 aliphatic rings. The molecule has 0 N–H and O–H groups in total. The molecule has 0 unspecified atom stereocenters. The largest absolute Gasteiger partial charge is 0.460 e. The normalized spacial score (nSPS) is 8.00. The van der Waals surface area contributed by atoms with Gasteiger partial charge >= 0.3 is 23.9 Å². The topological polar surface area (TPSA) is 142 Å². The molecule has 0 rings (SSSR count). The molecule has 0 amide bonds. The van der Waals surface area contributed by atoms with Crippen LogP contribution in [0.1, 0.15) is 89.1 Å². The molecule has 0 saturated carbocycles. The second kappa shape index (κ2) is 57.0. The number of rotatable bonds is 24. The third kappa shape index (κ3) is 49.2. The summed E-state index contributed by atoms with van der Waals surface area (Å²) in [7, 11) is 0.